The summed E-state index contributed by atoms with van der Waals surface area (Å²) in [5.74, 6) is -1.15. The zero-order chi connectivity index (χ0) is 22.7. The normalized spacial score (nSPS) is 13.8. The molecule has 1 rings (SSSR count). The Bertz CT molecular complexity index is 712. The second-order valence-corrected chi connectivity index (χ2v) is 8.10. The molecule has 0 heterocycles. The molecule has 0 aliphatic rings. The Labute approximate surface area is 180 Å². The summed E-state index contributed by atoms with van der Waals surface area (Å²) in [6.07, 6.45) is 2.62. The number of carbonyl (C=O) groups excluding carboxylic acids is 3. The molecule has 0 bridgehead atoms. The Morgan fingerprint density at radius 2 is 1.07 bits per heavy atom. The predicted molar refractivity (Wildman–Crippen MR) is 116 cm³/mol. The van der Waals surface area contributed by atoms with Crippen molar-refractivity contribution in [2.24, 2.45) is 17.8 Å². The number of hydrogen-bond donors (Lipinski definition) is 0. The highest BCUT2D eigenvalue weighted by atomic mass is 16.5. The molecule has 30 heavy (non-hydrogen) atoms. The Morgan fingerprint density at radius 1 is 0.667 bits per heavy atom. The second-order valence-electron chi connectivity index (χ2n) is 8.10. The van der Waals surface area contributed by atoms with Crippen LogP contribution in [0.2, 0.25) is 0 Å². The van der Waals surface area contributed by atoms with E-state index in [1.54, 1.807) is 0 Å². The molecule has 3 unspecified atom stereocenters. The van der Waals surface area contributed by atoms with Gasteiger partial charge in [-0.3, -0.25) is 0 Å². The Morgan fingerprint density at radius 3 is 1.50 bits per heavy atom. The van der Waals surface area contributed by atoms with Crippen LogP contribution in [0.3, 0.4) is 0 Å². The Kier molecular flexibility index (Phi) is 11.2. The minimum atomic E-state index is -0.651. The summed E-state index contributed by atoms with van der Waals surface area (Å²) in [5.41, 5.74) is 0.309. The van der Waals surface area contributed by atoms with Crippen LogP contribution < -0.4 is 0 Å². The lowest BCUT2D eigenvalue weighted by Crippen LogP contribution is -2.19. The van der Waals surface area contributed by atoms with Gasteiger partial charge in [-0.25, -0.2) is 14.4 Å². The number of rotatable bonds is 12. The third-order valence-corrected chi connectivity index (χ3v) is 5.28. The highest BCUT2D eigenvalue weighted by molar-refractivity contribution is 6.05. The minimum Gasteiger partial charge on any atom is -0.462 e. The van der Waals surface area contributed by atoms with Crippen molar-refractivity contribution in [2.45, 2.75) is 60.8 Å². The van der Waals surface area contributed by atoms with Crippen molar-refractivity contribution < 1.29 is 28.6 Å². The van der Waals surface area contributed by atoms with Crippen LogP contribution in [0.1, 0.15) is 91.9 Å². The fraction of sp³-hybridized carbons (Fsp3) is 0.625. The van der Waals surface area contributed by atoms with Crippen molar-refractivity contribution >= 4 is 17.9 Å². The van der Waals surface area contributed by atoms with Crippen LogP contribution in [-0.4, -0.2) is 37.7 Å². The predicted octanol–water partition coefficient (Wildman–Crippen LogP) is 5.30. The molecule has 0 radical (unpaired) electrons. The van der Waals surface area contributed by atoms with Crippen LogP contribution in [0.15, 0.2) is 18.2 Å². The van der Waals surface area contributed by atoms with Gasteiger partial charge in [-0.05, 0) is 36.0 Å². The lowest BCUT2D eigenvalue weighted by atomic mass is 10.0. The van der Waals surface area contributed by atoms with Gasteiger partial charge in [-0.2, -0.15) is 0 Å². The fourth-order valence-electron chi connectivity index (χ4n) is 2.26. The fourth-order valence-corrected chi connectivity index (χ4v) is 2.26. The van der Waals surface area contributed by atoms with Gasteiger partial charge in [-0.15, -0.1) is 0 Å². The maximum absolute atomic E-state index is 12.7. The summed E-state index contributed by atoms with van der Waals surface area (Å²) in [4.78, 5) is 37.7. The Balaban J connectivity index is 3.09. The molecule has 3 atom stereocenters. The highest BCUT2D eigenvalue weighted by Gasteiger charge is 2.23. The molecule has 1 aromatic carbocycles. The first-order chi connectivity index (χ1) is 14.2. The van der Waals surface area contributed by atoms with E-state index in [4.69, 9.17) is 14.2 Å². The van der Waals surface area contributed by atoms with E-state index in [2.05, 4.69) is 0 Å². The molecule has 6 heteroatoms. The van der Waals surface area contributed by atoms with Crippen molar-refractivity contribution in [2.75, 3.05) is 19.8 Å². The third kappa shape index (κ3) is 8.17. The molecule has 1 aromatic rings. The van der Waals surface area contributed by atoms with Gasteiger partial charge in [0, 0.05) is 0 Å². The smallest absolute Gasteiger partial charge is 0.339 e. The first-order valence-corrected chi connectivity index (χ1v) is 10.9. The van der Waals surface area contributed by atoms with Gasteiger partial charge in [0.1, 0.15) is 0 Å². The molecule has 0 saturated carbocycles. The van der Waals surface area contributed by atoms with Crippen molar-refractivity contribution in [1.82, 2.24) is 0 Å². The molecule has 0 saturated heterocycles. The molecule has 0 aliphatic heterocycles. The van der Waals surface area contributed by atoms with Crippen LogP contribution in [0.5, 0.6) is 0 Å². The van der Waals surface area contributed by atoms with E-state index >= 15 is 0 Å². The van der Waals surface area contributed by atoms with Gasteiger partial charge < -0.3 is 14.2 Å². The van der Waals surface area contributed by atoms with Crippen LogP contribution >= 0.6 is 0 Å². The molecule has 0 aromatic heterocycles. The largest absolute Gasteiger partial charge is 0.462 e. The van der Waals surface area contributed by atoms with Gasteiger partial charge in [0.2, 0.25) is 0 Å². The van der Waals surface area contributed by atoms with Gasteiger partial charge >= 0.3 is 17.9 Å². The first kappa shape index (κ1) is 25.7. The van der Waals surface area contributed by atoms with Crippen LogP contribution in [0.25, 0.3) is 0 Å². The van der Waals surface area contributed by atoms with Crippen LogP contribution in [0.4, 0.5) is 0 Å². The molecule has 168 valence electrons. The summed E-state index contributed by atoms with van der Waals surface area (Å²) < 4.78 is 16.0. The van der Waals surface area contributed by atoms with E-state index in [0.717, 1.165) is 19.3 Å². The molecular weight excluding hydrogens is 384 g/mol. The molecule has 0 amide bonds. The lowest BCUT2D eigenvalue weighted by molar-refractivity contribution is 0.0398. The van der Waals surface area contributed by atoms with E-state index in [1.807, 2.05) is 41.5 Å². The summed E-state index contributed by atoms with van der Waals surface area (Å²) in [6.45, 7) is 12.8. The molecule has 0 N–H and O–H groups in total. The topological polar surface area (TPSA) is 78.9 Å². The standard InChI is InChI=1S/C24H36O6/c1-7-16(4)13-28-22(25)19-10-11-20(23(26)29-14-17(5)8-2)21(12-19)24(27)30-15-18(6)9-3/h10-12,16-18H,7-9,13-15H2,1-6H3. The average Bonchev–Trinajstić information content (AvgIpc) is 2.77. The summed E-state index contributed by atoms with van der Waals surface area (Å²) in [6, 6.07) is 4.26. The molecular formula is C24H36O6. The van der Waals surface area contributed by atoms with Crippen molar-refractivity contribution in [1.29, 1.82) is 0 Å². The van der Waals surface area contributed by atoms with E-state index in [1.165, 1.54) is 18.2 Å². The van der Waals surface area contributed by atoms with Gasteiger partial charge in [0.15, 0.2) is 0 Å². The second kappa shape index (κ2) is 13.0. The summed E-state index contributed by atoms with van der Waals surface area (Å²) >= 11 is 0. The molecule has 6 nitrogen and oxygen atoms in total. The van der Waals surface area contributed by atoms with Crippen molar-refractivity contribution in [3.63, 3.8) is 0 Å². The van der Waals surface area contributed by atoms with Gasteiger partial charge in [-0.1, -0.05) is 60.8 Å². The van der Waals surface area contributed by atoms with E-state index < -0.39 is 17.9 Å². The molecule has 0 spiro atoms. The van der Waals surface area contributed by atoms with Crippen molar-refractivity contribution in [3.05, 3.63) is 34.9 Å². The van der Waals surface area contributed by atoms with E-state index in [9.17, 15) is 14.4 Å². The molecule has 0 fully saturated rings. The van der Waals surface area contributed by atoms with Gasteiger partial charge in [0.05, 0.1) is 36.5 Å². The minimum absolute atomic E-state index is 0.0189. The monoisotopic (exact) mass is 420 g/mol. The highest BCUT2D eigenvalue weighted by Crippen LogP contribution is 2.18. The molecule has 0 aliphatic carbocycles. The van der Waals surface area contributed by atoms with Crippen molar-refractivity contribution in [3.8, 4) is 0 Å². The zero-order valence-electron chi connectivity index (χ0n) is 19.2. The van der Waals surface area contributed by atoms with Gasteiger partial charge in [0.25, 0.3) is 0 Å². The van der Waals surface area contributed by atoms with E-state index in [-0.39, 0.29) is 47.7 Å². The number of carbonyl (C=O) groups is 3. The zero-order valence-corrected chi connectivity index (χ0v) is 19.2. The number of benzene rings is 1. The third-order valence-electron chi connectivity index (χ3n) is 5.28. The van der Waals surface area contributed by atoms with E-state index in [0.29, 0.717) is 6.61 Å². The first-order valence-electron chi connectivity index (χ1n) is 10.9. The SMILES string of the molecule is CCC(C)COC(=O)c1ccc(C(=O)OCC(C)CC)c(C(=O)OCC(C)CC)c1. The maximum Gasteiger partial charge on any atom is 0.339 e. The maximum atomic E-state index is 12.7. The number of ether oxygens (including phenoxy) is 3. The number of hydrogen-bond acceptors (Lipinski definition) is 6. The average molecular weight is 421 g/mol. The van der Waals surface area contributed by atoms with Crippen LogP contribution in [-0.2, 0) is 14.2 Å². The number of esters is 3. The summed E-state index contributed by atoms with van der Waals surface area (Å²) in [7, 11) is 0. The van der Waals surface area contributed by atoms with Crippen LogP contribution in [0, 0.1) is 17.8 Å². The summed E-state index contributed by atoms with van der Waals surface area (Å²) in [5, 5.41) is 0. The Hall–Kier alpha value is -2.37. The quantitative estimate of drug-likeness (QED) is 0.337. The lowest BCUT2D eigenvalue weighted by Gasteiger charge is -2.15.